The van der Waals surface area contributed by atoms with E-state index in [4.69, 9.17) is 9.57 Å². The number of amides is 1. The Morgan fingerprint density at radius 1 is 1.75 bits per heavy atom. The zero-order valence-electron chi connectivity index (χ0n) is 7.40. The van der Waals surface area contributed by atoms with E-state index in [1.807, 2.05) is 6.92 Å². The first-order valence-electron chi connectivity index (χ1n) is 3.71. The Labute approximate surface area is 70.9 Å². The van der Waals surface area contributed by atoms with Crippen molar-refractivity contribution in [1.82, 2.24) is 4.90 Å². The third-order valence-electron chi connectivity index (χ3n) is 1.37. The summed E-state index contributed by atoms with van der Waals surface area (Å²) in [5, 5.41) is 3.59. The molecule has 5 heteroatoms. The minimum atomic E-state index is -0.425. The van der Waals surface area contributed by atoms with Crippen LogP contribution in [0.25, 0.3) is 0 Å². The van der Waals surface area contributed by atoms with Crippen molar-refractivity contribution >= 4 is 12.0 Å². The van der Waals surface area contributed by atoms with Gasteiger partial charge in [0.1, 0.15) is 6.10 Å². The van der Waals surface area contributed by atoms with Gasteiger partial charge in [0, 0.05) is 14.1 Å². The molecule has 0 aliphatic carbocycles. The van der Waals surface area contributed by atoms with Crippen molar-refractivity contribution in [3.63, 3.8) is 0 Å². The summed E-state index contributed by atoms with van der Waals surface area (Å²) in [5.74, 6) is 0.348. The highest BCUT2D eigenvalue weighted by atomic mass is 16.7. The smallest absolute Gasteiger partial charge is 0.392 e. The van der Waals surface area contributed by atoms with Gasteiger partial charge in [0.05, 0.1) is 6.42 Å². The molecule has 1 heterocycles. The maximum atomic E-state index is 11.0. The summed E-state index contributed by atoms with van der Waals surface area (Å²) < 4.78 is 4.86. The molecular weight excluding hydrogens is 160 g/mol. The summed E-state index contributed by atoms with van der Waals surface area (Å²) in [6.07, 6.45) is 0.140. The molecular formula is C7H12N2O3. The van der Waals surface area contributed by atoms with Crippen LogP contribution in [0.1, 0.15) is 13.3 Å². The predicted molar refractivity (Wildman–Crippen MR) is 42.8 cm³/mol. The second kappa shape index (κ2) is 3.42. The third-order valence-corrected chi connectivity index (χ3v) is 1.37. The Morgan fingerprint density at radius 2 is 2.42 bits per heavy atom. The molecule has 12 heavy (non-hydrogen) atoms. The first-order valence-corrected chi connectivity index (χ1v) is 3.71. The number of hydrogen-bond acceptors (Lipinski definition) is 4. The van der Waals surface area contributed by atoms with Gasteiger partial charge in [-0.1, -0.05) is 5.16 Å². The van der Waals surface area contributed by atoms with Crippen LogP contribution in [-0.2, 0) is 9.57 Å². The molecule has 5 nitrogen and oxygen atoms in total. The number of ether oxygens (including phenoxy) is 1. The molecule has 68 valence electrons. The van der Waals surface area contributed by atoms with Crippen LogP contribution in [0.3, 0.4) is 0 Å². The lowest BCUT2D eigenvalue weighted by molar-refractivity contribution is 0.0989. The molecule has 1 atom stereocenters. The molecule has 1 aliphatic heterocycles. The number of oxime groups is 1. The molecule has 1 amide bonds. The molecule has 1 rings (SSSR count). The zero-order valence-corrected chi connectivity index (χ0v) is 7.40. The molecule has 0 aromatic carbocycles. The van der Waals surface area contributed by atoms with E-state index < -0.39 is 6.09 Å². The van der Waals surface area contributed by atoms with E-state index in [-0.39, 0.29) is 6.10 Å². The van der Waals surface area contributed by atoms with Crippen molar-refractivity contribution < 1.29 is 14.4 Å². The molecule has 0 saturated carbocycles. The number of rotatable bonds is 0. The minimum Gasteiger partial charge on any atom is -0.392 e. The van der Waals surface area contributed by atoms with Crippen molar-refractivity contribution in [3.05, 3.63) is 0 Å². The summed E-state index contributed by atoms with van der Waals surface area (Å²) in [6.45, 7) is 1.86. The number of hydrogen-bond donors (Lipinski definition) is 0. The monoisotopic (exact) mass is 172 g/mol. The number of carbonyl (C=O) groups is 1. The summed E-state index contributed by atoms with van der Waals surface area (Å²) in [4.78, 5) is 17.1. The van der Waals surface area contributed by atoms with Crippen LogP contribution in [0.5, 0.6) is 0 Å². The molecule has 0 aromatic heterocycles. The Morgan fingerprint density at radius 3 is 2.83 bits per heavy atom. The van der Waals surface area contributed by atoms with E-state index in [9.17, 15) is 4.79 Å². The number of carbonyl (C=O) groups excluding carboxylic acids is 1. The minimum absolute atomic E-state index is 0.00922. The molecule has 1 aliphatic rings. The topological polar surface area (TPSA) is 51.1 Å². The van der Waals surface area contributed by atoms with E-state index in [0.29, 0.717) is 12.3 Å². The molecule has 0 radical (unpaired) electrons. The molecule has 1 unspecified atom stereocenters. The molecule has 0 aromatic rings. The summed E-state index contributed by atoms with van der Waals surface area (Å²) in [7, 11) is 3.23. The molecule has 0 fully saturated rings. The van der Waals surface area contributed by atoms with Crippen LogP contribution < -0.4 is 0 Å². The first kappa shape index (κ1) is 8.83. The molecule has 0 saturated heterocycles. The second-order valence-electron chi connectivity index (χ2n) is 2.87. The van der Waals surface area contributed by atoms with Gasteiger partial charge < -0.3 is 14.5 Å². The fraction of sp³-hybridized carbons (Fsp3) is 0.714. The van der Waals surface area contributed by atoms with E-state index in [1.54, 1.807) is 14.1 Å². The predicted octanol–water partition coefficient (Wildman–Crippen LogP) is 0.807. The van der Waals surface area contributed by atoms with Gasteiger partial charge in [-0.15, -0.1) is 0 Å². The van der Waals surface area contributed by atoms with Gasteiger partial charge in [-0.3, -0.25) is 0 Å². The standard InChI is InChI=1S/C7H12N2O3/c1-5-4-6(8-12-5)11-7(10)9(2)3/h5H,4H2,1-3H3. The van der Waals surface area contributed by atoms with Crippen molar-refractivity contribution in [2.24, 2.45) is 5.16 Å². The average Bonchev–Trinajstić information content (AvgIpc) is 2.35. The van der Waals surface area contributed by atoms with Crippen LogP contribution in [-0.4, -0.2) is 37.1 Å². The fourth-order valence-electron chi connectivity index (χ4n) is 0.722. The van der Waals surface area contributed by atoms with Crippen LogP contribution in [0.15, 0.2) is 5.16 Å². The van der Waals surface area contributed by atoms with Crippen LogP contribution in [0, 0.1) is 0 Å². The highest BCUT2D eigenvalue weighted by molar-refractivity contribution is 5.88. The molecule has 0 spiro atoms. The summed E-state index contributed by atoms with van der Waals surface area (Å²) >= 11 is 0. The fourth-order valence-corrected chi connectivity index (χ4v) is 0.722. The van der Waals surface area contributed by atoms with Crippen molar-refractivity contribution in [2.75, 3.05) is 14.1 Å². The lowest BCUT2D eigenvalue weighted by atomic mass is 10.3. The maximum absolute atomic E-state index is 11.0. The van der Waals surface area contributed by atoms with Crippen molar-refractivity contribution in [3.8, 4) is 0 Å². The van der Waals surface area contributed by atoms with Gasteiger partial charge in [0.25, 0.3) is 0 Å². The Hall–Kier alpha value is -1.26. The quantitative estimate of drug-likeness (QED) is 0.543. The molecule has 0 N–H and O–H groups in total. The van der Waals surface area contributed by atoms with E-state index in [1.165, 1.54) is 4.90 Å². The first-order chi connectivity index (χ1) is 5.59. The lowest BCUT2D eigenvalue weighted by Crippen LogP contribution is -2.25. The van der Waals surface area contributed by atoms with E-state index in [0.717, 1.165) is 0 Å². The Bertz CT molecular complexity index is 213. The Kier molecular flexibility index (Phi) is 2.52. The van der Waals surface area contributed by atoms with Crippen LogP contribution in [0.4, 0.5) is 4.79 Å². The van der Waals surface area contributed by atoms with Crippen LogP contribution in [0.2, 0.25) is 0 Å². The molecule has 0 bridgehead atoms. The Balaban J connectivity index is 2.38. The van der Waals surface area contributed by atoms with E-state index in [2.05, 4.69) is 5.16 Å². The third kappa shape index (κ3) is 2.11. The normalized spacial score (nSPS) is 21.2. The van der Waals surface area contributed by atoms with Gasteiger partial charge in [-0.25, -0.2) is 4.79 Å². The zero-order chi connectivity index (χ0) is 9.14. The number of nitrogens with zero attached hydrogens (tertiary/aromatic N) is 2. The second-order valence-corrected chi connectivity index (χ2v) is 2.87. The van der Waals surface area contributed by atoms with Crippen LogP contribution >= 0.6 is 0 Å². The SMILES string of the molecule is CC1CC(OC(=O)N(C)C)=NO1. The van der Waals surface area contributed by atoms with Gasteiger partial charge in [-0.05, 0) is 6.92 Å². The largest absolute Gasteiger partial charge is 0.415 e. The summed E-state index contributed by atoms with van der Waals surface area (Å²) in [5.41, 5.74) is 0. The average molecular weight is 172 g/mol. The van der Waals surface area contributed by atoms with Gasteiger partial charge in [0.15, 0.2) is 0 Å². The maximum Gasteiger partial charge on any atom is 0.415 e. The highest BCUT2D eigenvalue weighted by Gasteiger charge is 2.20. The van der Waals surface area contributed by atoms with Crippen molar-refractivity contribution in [1.29, 1.82) is 0 Å². The van der Waals surface area contributed by atoms with Gasteiger partial charge >= 0.3 is 6.09 Å². The highest BCUT2D eigenvalue weighted by Crippen LogP contribution is 2.10. The van der Waals surface area contributed by atoms with Gasteiger partial charge in [0.2, 0.25) is 5.90 Å². The summed E-state index contributed by atoms with van der Waals surface area (Å²) in [6, 6.07) is 0. The van der Waals surface area contributed by atoms with E-state index >= 15 is 0 Å². The van der Waals surface area contributed by atoms with Crippen molar-refractivity contribution in [2.45, 2.75) is 19.4 Å². The van der Waals surface area contributed by atoms with Gasteiger partial charge in [-0.2, -0.15) is 0 Å². The lowest BCUT2D eigenvalue weighted by Gasteiger charge is -2.08.